The summed E-state index contributed by atoms with van der Waals surface area (Å²) in [6, 6.07) is 39.2. The minimum atomic E-state index is 0.236. The van der Waals surface area contributed by atoms with Crippen LogP contribution in [0, 0.1) is 11.3 Å². The first-order valence-corrected chi connectivity index (χ1v) is 13.1. The van der Waals surface area contributed by atoms with Crippen LogP contribution >= 0.6 is 0 Å². The second kappa shape index (κ2) is 7.50. The summed E-state index contributed by atoms with van der Waals surface area (Å²) in [5.41, 5.74) is 10.00. The zero-order valence-corrected chi connectivity index (χ0v) is 21.2. The van der Waals surface area contributed by atoms with Crippen LogP contribution in [-0.4, -0.2) is 15.2 Å². The quantitative estimate of drug-likeness (QED) is 0.244. The standard InChI is InChI=1S/C34H24N4/c1-21(2)36-30-14-8-12-24-25-16-18-29-32(26-11-6-7-13-27(26)37(29)23-9-4-3-5-10-23)34(25)38(33(24)30)28-17-15-22(20-35)19-31(28)36/h3-19,21H,1-2H3. The van der Waals surface area contributed by atoms with Crippen molar-refractivity contribution < 1.29 is 0 Å². The van der Waals surface area contributed by atoms with Gasteiger partial charge in [0.25, 0.3) is 0 Å². The van der Waals surface area contributed by atoms with Gasteiger partial charge in [-0.15, -0.1) is 0 Å². The molecule has 8 rings (SSSR count). The van der Waals surface area contributed by atoms with Crippen molar-refractivity contribution in [3.05, 3.63) is 109 Å². The van der Waals surface area contributed by atoms with Crippen LogP contribution in [0.1, 0.15) is 19.4 Å². The van der Waals surface area contributed by atoms with E-state index in [9.17, 15) is 5.26 Å². The Bertz CT molecular complexity index is 2120. The third-order valence-electron chi connectivity index (χ3n) is 7.96. The fraction of sp³-hybridized carbons (Fsp3) is 0.0882. The lowest BCUT2D eigenvalue weighted by molar-refractivity contribution is 0.781. The number of hydrogen-bond acceptors (Lipinski definition) is 2. The average Bonchev–Trinajstić information content (AvgIpc) is 3.47. The van der Waals surface area contributed by atoms with E-state index in [1.54, 1.807) is 0 Å². The molecule has 0 bridgehead atoms. The van der Waals surface area contributed by atoms with Crippen molar-refractivity contribution >= 4 is 55.0 Å². The van der Waals surface area contributed by atoms with Gasteiger partial charge in [-0.05, 0) is 62.4 Å². The van der Waals surface area contributed by atoms with E-state index in [4.69, 9.17) is 0 Å². The highest BCUT2D eigenvalue weighted by Gasteiger charge is 2.30. The first-order valence-electron chi connectivity index (χ1n) is 13.1. The molecule has 0 N–H and O–H groups in total. The zero-order chi connectivity index (χ0) is 25.5. The lowest BCUT2D eigenvalue weighted by Gasteiger charge is -2.36. The fourth-order valence-electron chi connectivity index (χ4n) is 6.54. The molecule has 5 aromatic carbocycles. The highest BCUT2D eigenvalue weighted by molar-refractivity contribution is 6.28. The molecule has 3 heterocycles. The maximum atomic E-state index is 9.74. The van der Waals surface area contributed by atoms with E-state index in [2.05, 4.69) is 125 Å². The Labute approximate surface area is 220 Å². The number of rotatable bonds is 2. The molecule has 0 atom stereocenters. The Morgan fingerprint density at radius 2 is 1.37 bits per heavy atom. The van der Waals surface area contributed by atoms with Crippen molar-refractivity contribution in [3.63, 3.8) is 0 Å². The van der Waals surface area contributed by atoms with Crippen LogP contribution in [-0.2, 0) is 0 Å². The summed E-state index contributed by atoms with van der Waals surface area (Å²) in [6.45, 7) is 4.43. The summed E-state index contributed by atoms with van der Waals surface area (Å²) in [7, 11) is 0. The molecular weight excluding hydrogens is 464 g/mol. The molecule has 2 aromatic heterocycles. The van der Waals surface area contributed by atoms with Crippen molar-refractivity contribution in [2.24, 2.45) is 0 Å². The smallest absolute Gasteiger partial charge is 0.0992 e. The van der Waals surface area contributed by atoms with Crippen molar-refractivity contribution in [2.45, 2.75) is 19.9 Å². The second-order valence-electron chi connectivity index (χ2n) is 10.3. The van der Waals surface area contributed by atoms with Gasteiger partial charge >= 0.3 is 0 Å². The van der Waals surface area contributed by atoms with Gasteiger partial charge in [-0.3, -0.25) is 0 Å². The first kappa shape index (κ1) is 21.1. The van der Waals surface area contributed by atoms with Crippen molar-refractivity contribution in [1.82, 2.24) is 9.13 Å². The number of nitriles is 1. The Kier molecular flexibility index (Phi) is 4.17. The Hall–Kier alpha value is -5.01. The molecule has 7 aromatic rings. The monoisotopic (exact) mass is 488 g/mol. The lowest BCUT2D eigenvalue weighted by Crippen LogP contribution is -2.29. The van der Waals surface area contributed by atoms with E-state index in [-0.39, 0.29) is 6.04 Å². The summed E-state index contributed by atoms with van der Waals surface area (Å²) in [5, 5.41) is 14.7. The molecule has 0 saturated carbocycles. The van der Waals surface area contributed by atoms with Gasteiger partial charge in [0, 0.05) is 33.3 Å². The minimum absolute atomic E-state index is 0.236. The molecule has 4 nitrogen and oxygen atoms in total. The van der Waals surface area contributed by atoms with Gasteiger partial charge in [0.2, 0.25) is 0 Å². The predicted octanol–water partition coefficient (Wildman–Crippen LogP) is 8.61. The molecular formula is C34H24N4. The van der Waals surface area contributed by atoms with E-state index >= 15 is 0 Å². The third-order valence-corrected chi connectivity index (χ3v) is 7.96. The molecule has 0 saturated heterocycles. The number of benzene rings is 5. The molecule has 0 amide bonds. The first-order chi connectivity index (χ1) is 18.7. The fourth-order valence-corrected chi connectivity index (χ4v) is 6.54. The van der Waals surface area contributed by atoms with Gasteiger partial charge in [-0.25, -0.2) is 0 Å². The maximum absolute atomic E-state index is 9.74. The normalized spacial score (nSPS) is 12.6. The van der Waals surface area contributed by atoms with Crippen LogP contribution in [0.4, 0.5) is 11.4 Å². The largest absolute Gasteiger partial charge is 0.335 e. The molecule has 4 heteroatoms. The van der Waals surface area contributed by atoms with Crippen molar-refractivity contribution in [3.8, 4) is 17.4 Å². The maximum Gasteiger partial charge on any atom is 0.0992 e. The number of anilines is 2. The third kappa shape index (κ3) is 2.58. The molecule has 1 aliphatic rings. The Morgan fingerprint density at radius 3 is 2.18 bits per heavy atom. The molecule has 38 heavy (non-hydrogen) atoms. The average molecular weight is 489 g/mol. The van der Waals surface area contributed by atoms with Crippen LogP contribution in [0.5, 0.6) is 0 Å². The van der Waals surface area contributed by atoms with Crippen LogP contribution < -0.4 is 4.90 Å². The number of nitrogens with zero attached hydrogens (tertiary/aromatic N) is 4. The number of para-hydroxylation sites is 3. The van der Waals surface area contributed by atoms with Crippen LogP contribution in [0.3, 0.4) is 0 Å². The molecule has 0 aliphatic carbocycles. The van der Waals surface area contributed by atoms with Gasteiger partial charge in [0.15, 0.2) is 0 Å². The molecule has 0 fully saturated rings. The van der Waals surface area contributed by atoms with E-state index in [0.717, 1.165) is 17.1 Å². The van der Waals surface area contributed by atoms with E-state index < -0.39 is 0 Å². The van der Waals surface area contributed by atoms with Crippen molar-refractivity contribution in [1.29, 1.82) is 5.26 Å². The molecule has 0 radical (unpaired) electrons. The van der Waals surface area contributed by atoms with Gasteiger partial charge < -0.3 is 14.0 Å². The zero-order valence-electron chi connectivity index (χ0n) is 21.2. The Balaban J connectivity index is 1.64. The summed E-state index contributed by atoms with van der Waals surface area (Å²) in [4.78, 5) is 2.38. The van der Waals surface area contributed by atoms with Crippen LogP contribution in [0.25, 0.3) is 55.0 Å². The second-order valence-corrected chi connectivity index (χ2v) is 10.3. The number of fused-ring (bicyclic) bond motifs is 9. The van der Waals surface area contributed by atoms with Crippen molar-refractivity contribution in [2.75, 3.05) is 4.90 Å². The summed E-state index contributed by atoms with van der Waals surface area (Å²) in [6.07, 6.45) is 0. The number of aromatic nitrogens is 2. The minimum Gasteiger partial charge on any atom is -0.335 e. The highest BCUT2D eigenvalue weighted by Crippen LogP contribution is 2.50. The number of hydrogen-bond donors (Lipinski definition) is 0. The molecule has 0 spiro atoms. The van der Waals surface area contributed by atoms with Crippen LogP contribution in [0.15, 0.2) is 103 Å². The Morgan fingerprint density at radius 1 is 0.605 bits per heavy atom. The van der Waals surface area contributed by atoms with Gasteiger partial charge in [-0.2, -0.15) is 5.26 Å². The van der Waals surface area contributed by atoms with Gasteiger partial charge in [0.05, 0.1) is 50.8 Å². The molecule has 1 aliphatic heterocycles. The molecule has 0 unspecified atom stereocenters. The van der Waals surface area contributed by atoms with E-state index in [0.29, 0.717) is 5.56 Å². The SMILES string of the molecule is CC(C)N1c2cc(C#N)ccc2-n2c3c1cccc3c1ccc3c(c4ccccc4n3-c3ccccc3)c12. The topological polar surface area (TPSA) is 36.9 Å². The van der Waals surface area contributed by atoms with Crippen LogP contribution in [0.2, 0.25) is 0 Å². The van der Waals surface area contributed by atoms with E-state index in [1.165, 1.54) is 49.3 Å². The lowest BCUT2D eigenvalue weighted by atomic mass is 10.1. The van der Waals surface area contributed by atoms with Gasteiger partial charge in [-0.1, -0.05) is 54.6 Å². The summed E-state index contributed by atoms with van der Waals surface area (Å²) < 4.78 is 4.82. The predicted molar refractivity (Wildman–Crippen MR) is 157 cm³/mol. The highest BCUT2D eigenvalue weighted by atomic mass is 15.2. The molecule has 180 valence electrons. The summed E-state index contributed by atoms with van der Waals surface area (Å²) in [5.74, 6) is 0. The summed E-state index contributed by atoms with van der Waals surface area (Å²) >= 11 is 0. The van der Waals surface area contributed by atoms with Gasteiger partial charge in [0.1, 0.15) is 0 Å². The van der Waals surface area contributed by atoms with E-state index in [1.807, 2.05) is 12.1 Å².